The third-order valence-electron chi connectivity index (χ3n) is 5.50. The van der Waals surface area contributed by atoms with Gasteiger partial charge in [0.15, 0.2) is 0 Å². The van der Waals surface area contributed by atoms with Crippen LogP contribution in [0.3, 0.4) is 0 Å². The molecule has 0 saturated carbocycles. The van der Waals surface area contributed by atoms with E-state index in [1.165, 1.54) is 4.31 Å². The average Bonchev–Trinajstić information content (AvgIpc) is 2.71. The molecule has 1 atom stereocenters. The van der Waals surface area contributed by atoms with E-state index in [1.807, 2.05) is 62.1 Å². The SMILES string of the molecule is CC(C)C(=O)N1CCc2ccc(S(=O)(=O)N(C)C(C)c3ccccc3)cc2C1. The zero-order valence-corrected chi connectivity index (χ0v) is 17.7. The van der Waals surface area contributed by atoms with Gasteiger partial charge >= 0.3 is 0 Å². The van der Waals surface area contributed by atoms with E-state index in [2.05, 4.69) is 0 Å². The van der Waals surface area contributed by atoms with Crippen LogP contribution in [0.25, 0.3) is 0 Å². The van der Waals surface area contributed by atoms with Crippen LogP contribution in [0.4, 0.5) is 0 Å². The van der Waals surface area contributed by atoms with Crippen molar-refractivity contribution in [2.45, 2.75) is 44.7 Å². The van der Waals surface area contributed by atoms with Crippen LogP contribution in [-0.2, 0) is 27.8 Å². The molecule has 1 aliphatic rings. The second kappa shape index (κ2) is 8.05. The topological polar surface area (TPSA) is 57.7 Å². The lowest BCUT2D eigenvalue weighted by atomic mass is 9.99. The lowest BCUT2D eigenvalue weighted by molar-refractivity contribution is -0.135. The van der Waals surface area contributed by atoms with E-state index in [1.54, 1.807) is 19.2 Å². The predicted octanol–water partition coefficient (Wildman–Crippen LogP) is 3.61. The third-order valence-corrected chi connectivity index (χ3v) is 7.42. The Balaban J connectivity index is 1.88. The number of sulfonamides is 1. The van der Waals surface area contributed by atoms with E-state index < -0.39 is 10.0 Å². The summed E-state index contributed by atoms with van der Waals surface area (Å²) in [7, 11) is -2.03. The fourth-order valence-corrected chi connectivity index (χ4v) is 4.96. The molecule has 1 amide bonds. The van der Waals surface area contributed by atoms with Crippen LogP contribution in [0.2, 0.25) is 0 Å². The highest BCUT2D eigenvalue weighted by atomic mass is 32.2. The van der Waals surface area contributed by atoms with Gasteiger partial charge in [0.2, 0.25) is 15.9 Å². The first-order valence-electron chi connectivity index (χ1n) is 9.65. The summed E-state index contributed by atoms with van der Waals surface area (Å²) in [6.45, 7) is 6.81. The van der Waals surface area contributed by atoms with E-state index in [-0.39, 0.29) is 22.8 Å². The van der Waals surface area contributed by atoms with Gasteiger partial charge in [0.05, 0.1) is 4.90 Å². The van der Waals surface area contributed by atoms with Crippen molar-refractivity contribution in [3.05, 3.63) is 65.2 Å². The normalized spacial score (nSPS) is 15.6. The van der Waals surface area contributed by atoms with Gasteiger partial charge in [-0.25, -0.2) is 8.42 Å². The number of fused-ring (bicyclic) bond motifs is 1. The summed E-state index contributed by atoms with van der Waals surface area (Å²) in [5.41, 5.74) is 2.98. The van der Waals surface area contributed by atoms with Crippen LogP contribution >= 0.6 is 0 Å². The standard InChI is InChI=1S/C22H28N2O3S/c1-16(2)22(25)24-13-12-19-10-11-21(14-20(19)15-24)28(26,27)23(4)17(3)18-8-6-5-7-9-18/h5-11,14,16-17H,12-13,15H2,1-4H3. The van der Waals surface area contributed by atoms with Crippen molar-refractivity contribution in [3.63, 3.8) is 0 Å². The molecule has 3 rings (SSSR count). The maximum Gasteiger partial charge on any atom is 0.243 e. The number of carbonyl (C=O) groups is 1. The van der Waals surface area contributed by atoms with Crippen molar-refractivity contribution in [1.29, 1.82) is 0 Å². The Morgan fingerprint density at radius 2 is 1.71 bits per heavy atom. The van der Waals surface area contributed by atoms with Crippen LogP contribution in [0.5, 0.6) is 0 Å². The number of amides is 1. The molecule has 0 radical (unpaired) electrons. The van der Waals surface area contributed by atoms with E-state index in [9.17, 15) is 13.2 Å². The van der Waals surface area contributed by atoms with Gasteiger partial charge in [-0.1, -0.05) is 50.2 Å². The van der Waals surface area contributed by atoms with Gasteiger partial charge in [0.25, 0.3) is 0 Å². The van der Waals surface area contributed by atoms with Crippen LogP contribution in [0, 0.1) is 5.92 Å². The largest absolute Gasteiger partial charge is 0.338 e. The van der Waals surface area contributed by atoms with Gasteiger partial charge in [-0.15, -0.1) is 0 Å². The molecule has 0 aromatic heterocycles. The minimum atomic E-state index is -3.64. The molecular formula is C22H28N2O3S. The van der Waals surface area contributed by atoms with Crippen molar-refractivity contribution in [1.82, 2.24) is 9.21 Å². The molecule has 2 aromatic rings. The predicted molar refractivity (Wildman–Crippen MR) is 110 cm³/mol. The second-order valence-electron chi connectivity index (χ2n) is 7.70. The summed E-state index contributed by atoms with van der Waals surface area (Å²) in [6, 6.07) is 14.6. The minimum Gasteiger partial charge on any atom is -0.338 e. The van der Waals surface area contributed by atoms with E-state index >= 15 is 0 Å². The van der Waals surface area contributed by atoms with Crippen molar-refractivity contribution in [2.24, 2.45) is 5.92 Å². The van der Waals surface area contributed by atoms with Crippen LogP contribution in [-0.4, -0.2) is 37.1 Å². The molecule has 0 fully saturated rings. The maximum absolute atomic E-state index is 13.2. The highest BCUT2D eigenvalue weighted by Gasteiger charge is 2.28. The van der Waals surface area contributed by atoms with Gasteiger partial charge in [0.1, 0.15) is 0 Å². The summed E-state index contributed by atoms with van der Waals surface area (Å²) >= 11 is 0. The van der Waals surface area contributed by atoms with Crippen LogP contribution in [0.1, 0.15) is 43.5 Å². The summed E-state index contributed by atoms with van der Waals surface area (Å²) in [5.74, 6) is 0.0417. The van der Waals surface area contributed by atoms with Gasteiger partial charge in [-0.05, 0) is 42.2 Å². The molecule has 1 unspecified atom stereocenters. The van der Waals surface area contributed by atoms with E-state index in [4.69, 9.17) is 0 Å². The molecule has 0 saturated heterocycles. The Bertz CT molecular complexity index is 955. The number of nitrogens with zero attached hydrogens (tertiary/aromatic N) is 2. The van der Waals surface area contributed by atoms with Gasteiger partial charge < -0.3 is 4.90 Å². The molecule has 1 aliphatic heterocycles. The fraction of sp³-hybridized carbons (Fsp3) is 0.409. The van der Waals surface area contributed by atoms with Gasteiger partial charge in [0, 0.05) is 32.1 Å². The average molecular weight is 401 g/mol. The molecule has 0 N–H and O–H groups in total. The first-order valence-corrected chi connectivity index (χ1v) is 11.1. The smallest absolute Gasteiger partial charge is 0.243 e. The number of hydrogen-bond donors (Lipinski definition) is 0. The third kappa shape index (κ3) is 3.98. The number of hydrogen-bond acceptors (Lipinski definition) is 3. The first-order chi connectivity index (χ1) is 13.2. The quantitative estimate of drug-likeness (QED) is 0.770. The Kier molecular flexibility index (Phi) is 5.91. The Hall–Kier alpha value is -2.18. The molecule has 6 heteroatoms. The Morgan fingerprint density at radius 3 is 2.36 bits per heavy atom. The van der Waals surface area contributed by atoms with Crippen molar-refractivity contribution in [3.8, 4) is 0 Å². The van der Waals surface area contributed by atoms with Gasteiger partial charge in [-0.3, -0.25) is 4.79 Å². The Labute approximate surface area is 168 Å². The highest BCUT2D eigenvalue weighted by Crippen LogP contribution is 2.29. The van der Waals surface area contributed by atoms with Crippen molar-refractivity contribution >= 4 is 15.9 Å². The second-order valence-corrected chi connectivity index (χ2v) is 9.70. The van der Waals surface area contributed by atoms with Crippen molar-refractivity contribution < 1.29 is 13.2 Å². The fourth-order valence-electron chi connectivity index (χ4n) is 3.56. The van der Waals surface area contributed by atoms with Crippen LogP contribution < -0.4 is 0 Å². The molecular weight excluding hydrogens is 372 g/mol. The molecule has 0 aliphatic carbocycles. The summed E-state index contributed by atoms with van der Waals surface area (Å²) < 4.78 is 27.8. The number of benzene rings is 2. The molecule has 28 heavy (non-hydrogen) atoms. The minimum absolute atomic E-state index is 0.0636. The molecule has 0 bridgehead atoms. The molecule has 2 aromatic carbocycles. The summed E-state index contributed by atoms with van der Waals surface area (Å²) in [4.78, 5) is 14.4. The lowest BCUT2D eigenvalue weighted by Gasteiger charge is -2.31. The zero-order chi connectivity index (χ0) is 20.5. The maximum atomic E-state index is 13.2. The van der Waals surface area contributed by atoms with Crippen molar-refractivity contribution in [2.75, 3.05) is 13.6 Å². The summed E-state index contributed by atoms with van der Waals surface area (Å²) in [6.07, 6.45) is 0.754. The number of carbonyl (C=O) groups excluding carboxylic acids is 1. The monoisotopic (exact) mass is 400 g/mol. The lowest BCUT2D eigenvalue weighted by Crippen LogP contribution is -2.38. The molecule has 5 nitrogen and oxygen atoms in total. The van der Waals surface area contributed by atoms with E-state index in [0.717, 1.165) is 23.1 Å². The first kappa shape index (κ1) is 20.6. The summed E-state index contributed by atoms with van der Waals surface area (Å²) in [5, 5.41) is 0. The Morgan fingerprint density at radius 1 is 1.04 bits per heavy atom. The molecule has 1 heterocycles. The van der Waals surface area contributed by atoms with E-state index in [0.29, 0.717) is 13.1 Å². The highest BCUT2D eigenvalue weighted by molar-refractivity contribution is 7.89. The van der Waals surface area contributed by atoms with Crippen LogP contribution in [0.15, 0.2) is 53.4 Å². The number of rotatable bonds is 5. The molecule has 0 spiro atoms. The zero-order valence-electron chi connectivity index (χ0n) is 16.9. The molecule has 150 valence electrons. The van der Waals surface area contributed by atoms with Gasteiger partial charge in [-0.2, -0.15) is 4.31 Å².